The molecule has 62 heavy (non-hydrogen) atoms. The van der Waals surface area contributed by atoms with E-state index < -0.39 is 0 Å². The maximum atomic E-state index is 12.9. The van der Waals surface area contributed by atoms with Gasteiger partial charge in [0.2, 0.25) is 0 Å². The molecule has 2 aromatic rings. The topological polar surface area (TPSA) is 136 Å². The third kappa shape index (κ3) is 20.1. The van der Waals surface area contributed by atoms with Crippen molar-refractivity contribution < 1.29 is 38.1 Å². The maximum absolute atomic E-state index is 12.9. The number of ether oxygens (including phenoxy) is 4. The molecule has 0 aromatic heterocycles. The Kier molecular flexibility index (Phi) is 25.0. The Hall–Kier alpha value is -3.84. The second kappa shape index (κ2) is 29.5. The van der Waals surface area contributed by atoms with Gasteiger partial charge in [0.25, 0.3) is 0 Å². The first-order valence-electron chi connectivity index (χ1n) is 23.9. The zero-order chi connectivity index (χ0) is 45.3. The van der Waals surface area contributed by atoms with Crippen molar-refractivity contribution in [3.63, 3.8) is 0 Å². The zero-order valence-electron chi connectivity index (χ0n) is 39.5. The fourth-order valence-electron chi connectivity index (χ4n) is 7.26. The van der Waals surface area contributed by atoms with Crippen LogP contribution in [0.1, 0.15) is 144 Å². The van der Waals surface area contributed by atoms with E-state index in [0.29, 0.717) is 36.1 Å². The zero-order valence-corrected chi connectivity index (χ0v) is 39.5. The Balaban J connectivity index is 1.48. The van der Waals surface area contributed by atoms with Crippen molar-refractivity contribution in [1.29, 1.82) is 0 Å². The first kappa shape index (κ1) is 52.5. The van der Waals surface area contributed by atoms with Crippen LogP contribution in [0, 0.1) is 23.7 Å². The number of carbonyl (C=O) groups is 4. The van der Waals surface area contributed by atoms with Gasteiger partial charge in [0, 0.05) is 77.6 Å². The highest BCUT2D eigenvalue weighted by Gasteiger charge is 2.21. The predicted molar refractivity (Wildman–Crippen MR) is 246 cm³/mol. The van der Waals surface area contributed by atoms with Crippen LogP contribution >= 0.6 is 0 Å². The van der Waals surface area contributed by atoms with Gasteiger partial charge in [-0.1, -0.05) is 107 Å². The van der Waals surface area contributed by atoms with Crippen LogP contribution in [0.15, 0.2) is 36.4 Å². The van der Waals surface area contributed by atoms with E-state index in [1.807, 2.05) is 52.0 Å². The van der Waals surface area contributed by atoms with E-state index in [9.17, 15) is 19.2 Å². The third-order valence-electron chi connectivity index (χ3n) is 11.7. The highest BCUT2D eigenvalue weighted by molar-refractivity contribution is 5.77. The summed E-state index contributed by atoms with van der Waals surface area (Å²) in [6.07, 6.45) is 11.0. The highest BCUT2D eigenvalue weighted by Crippen LogP contribution is 2.28. The predicted octanol–water partition coefficient (Wildman–Crippen LogP) is 9.11. The molecule has 4 unspecified atom stereocenters. The Morgan fingerprint density at radius 1 is 0.468 bits per heavy atom. The largest absolute Gasteiger partial charge is 0.426 e. The molecule has 0 amide bonds. The minimum atomic E-state index is -0.273. The SMILES string of the molecule is CCCCC(C)C(=O)Oc1cc(CNCCN2CCN(CCNCc3cc(OC(=O)C(C)CCCC)cc(OC(=O)C(C)CCCC)c3)CC2)cc(OC(=O)C(C)CCCC)c1. The normalized spacial score (nSPS) is 15.4. The van der Waals surface area contributed by atoms with Crippen LogP contribution in [0.2, 0.25) is 0 Å². The van der Waals surface area contributed by atoms with Gasteiger partial charge in [-0.05, 0) is 61.1 Å². The van der Waals surface area contributed by atoms with Crippen LogP contribution in [0.4, 0.5) is 0 Å². The van der Waals surface area contributed by atoms with Gasteiger partial charge in [0.05, 0.1) is 23.7 Å². The van der Waals surface area contributed by atoms with Crippen molar-refractivity contribution in [2.75, 3.05) is 52.4 Å². The first-order chi connectivity index (χ1) is 29.8. The van der Waals surface area contributed by atoms with Gasteiger partial charge in [0.1, 0.15) is 23.0 Å². The van der Waals surface area contributed by atoms with Gasteiger partial charge >= 0.3 is 23.9 Å². The monoisotopic (exact) mass is 865 g/mol. The minimum absolute atomic E-state index is 0.212. The molecule has 12 nitrogen and oxygen atoms in total. The van der Waals surface area contributed by atoms with Crippen LogP contribution in [0.5, 0.6) is 23.0 Å². The molecule has 2 N–H and O–H groups in total. The second-order valence-electron chi connectivity index (χ2n) is 17.5. The maximum Gasteiger partial charge on any atom is 0.314 e. The standard InChI is InChI=1S/C50H80N4O8/c1-9-13-17-37(5)47(55)59-43-29-41(30-44(33-43)60-48(56)38(6)18-14-10-2)35-51-21-23-53-25-27-54(28-26-53)24-22-52-36-42-31-45(61-49(57)39(7)19-15-11-3)34-46(32-42)62-50(58)40(8)20-16-12-4/h29-34,37-40,51-52H,9-28,35-36H2,1-8H3. The molecular weight excluding hydrogens is 785 g/mol. The molecular formula is C50H80N4O8. The molecule has 4 atom stereocenters. The van der Waals surface area contributed by atoms with Gasteiger partial charge < -0.3 is 29.6 Å². The van der Waals surface area contributed by atoms with Crippen molar-refractivity contribution in [3.8, 4) is 23.0 Å². The molecule has 0 aliphatic carbocycles. The summed E-state index contributed by atoms with van der Waals surface area (Å²) < 4.78 is 23.2. The minimum Gasteiger partial charge on any atom is -0.426 e. The van der Waals surface area contributed by atoms with Gasteiger partial charge in [-0.25, -0.2) is 0 Å². The van der Waals surface area contributed by atoms with Gasteiger partial charge in [-0.3, -0.25) is 29.0 Å². The van der Waals surface area contributed by atoms with Crippen LogP contribution in [0.25, 0.3) is 0 Å². The first-order valence-corrected chi connectivity index (χ1v) is 23.9. The average Bonchev–Trinajstić information content (AvgIpc) is 3.26. The number of esters is 4. The fraction of sp³-hybridized carbons (Fsp3) is 0.680. The molecule has 0 saturated carbocycles. The van der Waals surface area contributed by atoms with E-state index in [0.717, 1.165) is 141 Å². The highest BCUT2D eigenvalue weighted by atomic mass is 16.6. The molecule has 348 valence electrons. The lowest BCUT2D eigenvalue weighted by atomic mass is 10.0. The van der Waals surface area contributed by atoms with Crippen LogP contribution in [-0.2, 0) is 32.3 Å². The fourth-order valence-corrected chi connectivity index (χ4v) is 7.26. The Bertz CT molecular complexity index is 1430. The van der Waals surface area contributed by atoms with Crippen LogP contribution in [0.3, 0.4) is 0 Å². The molecule has 1 aliphatic rings. The Morgan fingerprint density at radius 3 is 0.968 bits per heavy atom. The van der Waals surface area contributed by atoms with Crippen molar-refractivity contribution in [2.45, 2.75) is 146 Å². The molecule has 2 aromatic carbocycles. The number of nitrogens with zero attached hydrogens (tertiary/aromatic N) is 2. The van der Waals surface area contributed by atoms with Gasteiger partial charge in [-0.2, -0.15) is 0 Å². The summed E-state index contributed by atoms with van der Waals surface area (Å²) in [6.45, 7) is 24.3. The van der Waals surface area contributed by atoms with Crippen LogP contribution in [-0.4, -0.2) is 86.0 Å². The van der Waals surface area contributed by atoms with Crippen molar-refractivity contribution >= 4 is 23.9 Å². The van der Waals surface area contributed by atoms with E-state index in [-0.39, 0.29) is 47.5 Å². The summed E-state index contributed by atoms with van der Waals surface area (Å²) in [5.74, 6) is -0.356. The average molecular weight is 865 g/mol. The number of rotatable bonds is 30. The number of benzene rings is 2. The summed E-state index contributed by atoms with van der Waals surface area (Å²) in [4.78, 5) is 56.3. The summed E-state index contributed by atoms with van der Waals surface area (Å²) in [5.41, 5.74) is 1.77. The summed E-state index contributed by atoms with van der Waals surface area (Å²) >= 11 is 0. The molecule has 0 bridgehead atoms. The van der Waals surface area contributed by atoms with Crippen molar-refractivity contribution in [2.24, 2.45) is 23.7 Å². The van der Waals surface area contributed by atoms with Gasteiger partial charge in [0.15, 0.2) is 0 Å². The Morgan fingerprint density at radius 2 is 0.726 bits per heavy atom. The number of unbranched alkanes of at least 4 members (excludes halogenated alkanes) is 4. The quantitative estimate of drug-likeness (QED) is 0.0441. The summed E-state index contributed by atoms with van der Waals surface area (Å²) in [5, 5.41) is 7.07. The van der Waals surface area contributed by atoms with E-state index in [1.165, 1.54) is 0 Å². The lowest BCUT2D eigenvalue weighted by molar-refractivity contribution is -0.140. The lowest BCUT2D eigenvalue weighted by Gasteiger charge is -2.34. The van der Waals surface area contributed by atoms with Crippen LogP contribution < -0.4 is 29.6 Å². The van der Waals surface area contributed by atoms with Crippen molar-refractivity contribution in [3.05, 3.63) is 47.5 Å². The molecule has 1 fully saturated rings. The molecule has 0 spiro atoms. The third-order valence-corrected chi connectivity index (χ3v) is 11.7. The molecule has 1 aliphatic heterocycles. The lowest BCUT2D eigenvalue weighted by Crippen LogP contribution is -2.49. The van der Waals surface area contributed by atoms with E-state index >= 15 is 0 Å². The summed E-state index contributed by atoms with van der Waals surface area (Å²) in [7, 11) is 0. The molecule has 1 heterocycles. The van der Waals surface area contributed by atoms with Crippen molar-refractivity contribution in [1.82, 2.24) is 20.4 Å². The Labute approximate surface area is 373 Å². The number of hydrogen-bond acceptors (Lipinski definition) is 12. The smallest absolute Gasteiger partial charge is 0.314 e. The molecule has 3 rings (SSSR count). The molecule has 0 radical (unpaired) electrons. The van der Waals surface area contributed by atoms with E-state index in [1.54, 1.807) is 12.1 Å². The summed E-state index contributed by atoms with van der Waals surface area (Å²) in [6, 6.07) is 10.7. The number of nitrogens with one attached hydrogen (secondary N) is 2. The molecule has 1 saturated heterocycles. The number of piperazine rings is 1. The second-order valence-corrected chi connectivity index (χ2v) is 17.5. The number of hydrogen-bond donors (Lipinski definition) is 2. The van der Waals surface area contributed by atoms with E-state index in [2.05, 4.69) is 48.1 Å². The van der Waals surface area contributed by atoms with Gasteiger partial charge in [-0.15, -0.1) is 0 Å². The van der Waals surface area contributed by atoms with E-state index in [4.69, 9.17) is 18.9 Å². The number of carbonyl (C=O) groups excluding carboxylic acids is 4. The molecule has 12 heteroatoms.